The van der Waals surface area contributed by atoms with Crippen LogP contribution in [0.5, 0.6) is 5.75 Å². The van der Waals surface area contributed by atoms with Crippen molar-refractivity contribution >= 4 is 36.4 Å². The van der Waals surface area contributed by atoms with E-state index in [1.165, 1.54) is 48.4 Å². The van der Waals surface area contributed by atoms with Gasteiger partial charge in [-0.05, 0) is 49.7 Å². The Balaban J connectivity index is 0.000000244. The van der Waals surface area contributed by atoms with E-state index in [9.17, 15) is 24.0 Å². The number of hydrazine groups is 2. The molecule has 0 unspecified atom stereocenters. The number of carbonyl (C=O) groups is 5. The highest BCUT2D eigenvalue weighted by atomic mass is 16.5. The normalized spacial score (nSPS) is 19.2. The molecule has 5 rings (SSSR count). The van der Waals surface area contributed by atoms with E-state index in [0.29, 0.717) is 49.5 Å². The number of methoxy groups -OCH3 is 1. The lowest BCUT2D eigenvalue weighted by molar-refractivity contribution is -0.146. The Hall–Kier alpha value is -3.87. The molecule has 1 aromatic carbocycles. The summed E-state index contributed by atoms with van der Waals surface area (Å²) in [6.45, 7) is 3.57. The molecule has 2 heterocycles. The molecule has 0 bridgehead atoms. The Morgan fingerprint density at radius 1 is 0.816 bits per heavy atom. The number of urea groups is 1. The molecule has 2 saturated carbocycles. The number of para-hydroxylation sites is 2. The van der Waals surface area contributed by atoms with Gasteiger partial charge in [0.1, 0.15) is 5.75 Å². The predicted molar refractivity (Wildman–Crippen MR) is 187 cm³/mol. The second-order valence-electron chi connectivity index (χ2n) is 14.1. The Morgan fingerprint density at radius 2 is 1.37 bits per heavy atom. The molecule has 4 fully saturated rings. The van der Waals surface area contributed by atoms with Crippen molar-refractivity contribution in [3.63, 3.8) is 0 Å². The predicted octanol–water partition coefficient (Wildman–Crippen LogP) is 3.97. The standard InChI is InChI=1S/C22H32N4O4.C14H25N3O2/c1-24(16-27)15-18(14-17-8-3-4-9-17)21(28)25-12-7-13-26(25)22(29)23-19-10-5-6-11-20(19)30-2;1-16(11-18)10-13(9-12-5-2-3-6-12)14(19)17-8-4-7-15-17/h5-6,10-11,16-18H,3-4,7-9,12-15H2,1-2H3,(H,23,29);11-13,15H,2-10H2,1H3/t18-;13-/m11/s1. The molecular formula is C36H57N7O6. The summed E-state index contributed by atoms with van der Waals surface area (Å²) in [5.41, 5.74) is 3.69. The first-order chi connectivity index (χ1) is 23.7. The van der Waals surface area contributed by atoms with Crippen molar-refractivity contribution in [1.82, 2.24) is 30.3 Å². The van der Waals surface area contributed by atoms with Gasteiger partial charge in [-0.25, -0.2) is 20.2 Å². The number of hydrogen-bond donors (Lipinski definition) is 2. The van der Waals surface area contributed by atoms with Gasteiger partial charge >= 0.3 is 6.03 Å². The maximum atomic E-state index is 13.4. The highest BCUT2D eigenvalue weighted by Gasteiger charge is 2.37. The number of carbonyl (C=O) groups excluding carboxylic acids is 5. The molecule has 0 radical (unpaired) electrons. The summed E-state index contributed by atoms with van der Waals surface area (Å²) in [5.74, 6) is 1.47. The number of nitrogens with zero attached hydrogens (tertiary/aromatic N) is 5. The van der Waals surface area contributed by atoms with Gasteiger partial charge in [0.25, 0.3) is 0 Å². The number of hydrogen-bond acceptors (Lipinski definition) is 7. The minimum atomic E-state index is -0.353. The van der Waals surface area contributed by atoms with E-state index in [-0.39, 0.29) is 29.7 Å². The topological polar surface area (TPSA) is 135 Å². The van der Waals surface area contributed by atoms with Crippen molar-refractivity contribution in [2.24, 2.45) is 23.7 Å². The van der Waals surface area contributed by atoms with Crippen LogP contribution in [0.1, 0.15) is 77.0 Å². The summed E-state index contributed by atoms with van der Waals surface area (Å²) in [6.07, 6.45) is 14.7. The molecule has 4 aliphatic rings. The van der Waals surface area contributed by atoms with Crippen LogP contribution < -0.4 is 15.5 Å². The van der Waals surface area contributed by atoms with Gasteiger partial charge in [-0.2, -0.15) is 0 Å². The van der Waals surface area contributed by atoms with Crippen LogP contribution >= 0.6 is 0 Å². The van der Waals surface area contributed by atoms with Gasteiger partial charge in [0.2, 0.25) is 24.6 Å². The van der Waals surface area contributed by atoms with E-state index in [4.69, 9.17) is 4.74 Å². The maximum Gasteiger partial charge on any atom is 0.340 e. The zero-order valence-corrected chi connectivity index (χ0v) is 29.7. The monoisotopic (exact) mass is 683 g/mol. The van der Waals surface area contributed by atoms with Gasteiger partial charge < -0.3 is 19.9 Å². The second kappa shape index (κ2) is 19.4. The number of rotatable bonds is 14. The van der Waals surface area contributed by atoms with Crippen molar-refractivity contribution in [2.45, 2.75) is 77.0 Å². The third kappa shape index (κ3) is 11.1. The molecule has 2 aliphatic carbocycles. The molecule has 0 aromatic heterocycles. The average Bonchev–Trinajstić information content (AvgIpc) is 3.96. The van der Waals surface area contributed by atoms with E-state index < -0.39 is 0 Å². The summed E-state index contributed by atoms with van der Waals surface area (Å²) >= 11 is 0. The van der Waals surface area contributed by atoms with Gasteiger partial charge in [0, 0.05) is 53.4 Å². The molecule has 49 heavy (non-hydrogen) atoms. The summed E-state index contributed by atoms with van der Waals surface area (Å²) in [6, 6.07) is 6.83. The highest BCUT2D eigenvalue weighted by molar-refractivity contribution is 5.93. The van der Waals surface area contributed by atoms with E-state index in [1.54, 1.807) is 48.3 Å². The van der Waals surface area contributed by atoms with Gasteiger partial charge in [-0.3, -0.25) is 24.2 Å². The third-order valence-electron chi connectivity index (χ3n) is 10.3. The van der Waals surface area contributed by atoms with E-state index in [1.807, 2.05) is 12.1 Å². The van der Waals surface area contributed by atoms with Crippen LogP contribution in [0, 0.1) is 23.7 Å². The molecule has 1 aromatic rings. The van der Waals surface area contributed by atoms with Gasteiger partial charge in [-0.15, -0.1) is 0 Å². The van der Waals surface area contributed by atoms with Crippen LogP contribution in [0.25, 0.3) is 0 Å². The lowest BCUT2D eigenvalue weighted by Gasteiger charge is -2.33. The van der Waals surface area contributed by atoms with Crippen molar-refractivity contribution in [1.29, 1.82) is 0 Å². The van der Waals surface area contributed by atoms with Gasteiger partial charge in [0.15, 0.2) is 0 Å². The molecular weight excluding hydrogens is 626 g/mol. The molecule has 2 N–H and O–H groups in total. The second-order valence-corrected chi connectivity index (χ2v) is 14.1. The Bertz CT molecular complexity index is 1230. The van der Waals surface area contributed by atoms with Crippen molar-refractivity contribution in [2.75, 3.05) is 65.8 Å². The van der Waals surface area contributed by atoms with Crippen molar-refractivity contribution in [3.05, 3.63) is 24.3 Å². The lowest BCUT2D eigenvalue weighted by Crippen LogP contribution is -2.50. The Kier molecular flexibility index (Phi) is 15.0. The number of nitrogens with one attached hydrogen (secondary N) is 2. The Labute approximate surface area is 291 Å². The van der Waals surface area contributed by atoms with E-state index in [2.05, 4.69) is 10.7 Å². The maximum absolute atomic E-state index is 13.4. The minimum absolute atomic E-state index is 0.0519. The molecule has 6 amide bonds. The number of anilines is 1. The fraction of sp³-hybridized carbons (Fsp3) is 0.694. The van der Waals surface area contributed by atoms with Crippen LogP contribution in [-0.2, 0) is 19.2 Å². The minimum Gasteiger partial charge on any atom is -0.495 e. The molecule has 2 aliphatic heterocycles. The first kappa shape index (κ1) is 37.9. The third-order valence-corrected chi connectivity index (χ3v) is 10.3. The number of ether oxygens (including phenoxy) is 1. The molecule has 2 saturated heterocycles. The zero-order valence-electron chi connectivity index (χ0n) is 29.7. The van der Waals surface area contributed by atoms with Crippen molar-refractivity contribution in [3.8, 4) is 5.75 Å². The molecule has 13 nitrogen and oxygen atoms in total. The molecule has 0 spiro atoms. The molecule has 13 heteroatoms. The largest absolute Gasteiger partial charge is 0.495 e. The highest BCUT2D eigenvalue weighted by Crippen LogP contribution is 2.33. The SMILES string of the molecule is CN(C=O)C[C@@H](CC1CCCC1)C(=O)N1CCCN1.COc1ccccc1NC(=O)N1CCCN1C(=O)[C@H](CC1CCCC1)CN(C)C=O. The van der Waals surface area contributed by atoms with Gasteiger partial charge in [0.05, 0.1) is 24.6 Å². The van der Waals surface area contributed by atoms with Gasteiger partial charge in [-0.1, -0.05) is 63.5 Å². The van der Waals surface area contributed by atoms with Crippen LogP contribution in [0.3, 0.4) is 0 Å². The first-order valence-electron chi connectivity index (χ1n) is 18.1. The number of benzene rings is 1. The quantitative estimate of drug-likeness (QED) is 0.284. The van der Waals surface area contributed by atoms with E-state index in [0.717, 1.165) is 64.4 Å². The summed E-state index contributed by atoms with van der Waals surface area (Å²) in [5, 5.41) is 7.64. The van der Waals surface area contributed by atoms with Crippen LogP contribution in [-0.4, -0.2) is 116 Å². The van der Waals surface area contributed by atoms with E-state index >= 15 is 0 Å². The summed E-state index contributed by atoms with van der Waals surface area (Å²) < 4.78 is 5.30. The fourth-order valence-electron chi connectivity index (χ4n) is 7.71. The summed E-state index contributed by atoms with van der Waals surface area (Å²) in [7, 11) is 4.99. The van der Waals surface area contributed by atoms with Crippen LogP contribution in [0.15, 0.2) is 24.3 Å². The lowest BCUT2D eigenvalue weighted by atomic mass is 9.92. The zero-order chi connectivity index (χ0) is 35.2. The number of amides is 6. The first-order valence-corrected chi connectivity index (χ1v) is 18.1. The molecule has 272 valence electrons. The van der Waals surface area contributed by atoms with Crippen LogP contribution in [0.4, 0.5) is 10.5 Å². The molecule has 2 atom stereocenters. The van der Waals surface area contributed by atoms with Crippen LogP contribution in [0.2, 0.25) is 0 Å². The average molecular weight is 684 g/mol. The Morgan fingerprint density at radius 3 is 1.90 bits per heavy atom. The summed E-state index contributed by atoms with van der Waals surface area (Å²) in [4.78, 5) is 64.0. The smallest absolute Gasteiger partial charge is 0.340 e. The van der Waals surface area contributed by atoms with Crippen molar-refractivity contribution < 1.29 is 28.7 Å². The fourth-order valence-corrected chi connectivity index (χ4v) is 7.71.